The van der Waals surface area contributed by atoms with Crippen LogP contribution in [0.25, 0.3) is 5.82 Å². The summed E-state index contributed by atoms with van der Waals surface area (Å²) >= 11 is 1.69. The largest absolute Gasteiger partial charge is 0.378 e. The molecule has 0 atom stereocenters. The molecule has 3 rings (SSSR count). The van der Waals surface area contributed by atoms with Crippen LogP contribution in [0.3, 0.4) is 0 Å². The third-order valence-corrected chi connectivity index (χ3v) is 3.22. The van der Waals surface area contributed by atoms with Crippen molar-refractivity contribution < 1.29 is 0 Å². The number of aromatic nitrogens is 4. The van der Waals surface area contributed by atoms with Crippen molar-refractivity contribution in [1.29, 1.82) is 0 Å². The zero-order valence-electron chi connectivity index (χ0n) is 9.52. The van der Waals surface area contributed by atoms with Crippen molar-refractivity contribution in [3.05, 3.63) is 53.4 Å². The molecule has 18 heavy (non-hydrogen) atoms. The molecule has 0 aliphatic heterocycles. The molecule has 3 aromatic rings. The van der Waals surface area contributed by atoms with E-state index in [1.807, 2.05) is 12.1 Å². The number of thiophene rings is 1. The Balaban J connectivity index is 1.84. The third kappa shape index (κ3) is 2.23. The van der Waals surface area contributed by atoms with Crippen molar-refractivity contribution in [1.82, 2.24) is 19.7 Å². The van der Waals surface area contributed by atoms with Gasteiger partial charge in [-0.15, -0.1) is 0 Å². The smallest absolute Gasteiger partial charge is 0.178 e. The molecule has 0 aromatic carbocycles. The van der Waals surface area contributed by atoms with Crippen molar-refractivity contribution in [2.45, 2.75) is 6.54 Å². The number of pyridine rings is 1. The predicted octanol–water partition coefficient (Wildman–Crippen LogP) is 2.34. The Morgan fingerprint density at radius 1 is 1.33 bits per heavy atom. The van der Waals surface area contributed by atoms with Crippen LogP contribution >= 0.6 is 11.3 Å². The molecule has 3 aromatic heterocycles. The van der Waals surface area contributed by atoms with Crippen molar-refractivity contribution in [2.75, 3.05) is 5.32 Å². The summed E-state index contributed by atoms with van der Waals surface area (Å²) in [5.41, 5.74) is 2.20. The van der Waals surface area contributed by atoms with Crippen molar-refractivity contribution in [3.63, 3.8) is 0 Å². The second-order valence-corrected chi connectivity index (χ2v) is 4.48. The molecule has 0 saturated heterocycles. The van der Waals surface area contributed by atoms with Gasteiger partial charge in [-0.1, -0.05) is 0 Å². The first kappa shape index (κ1) is 10.9. The molecule has 0 fully saturated rings. The monoisotopic (exact) mass is 257 g/mol. The van der Waals surface area contributed by atoms with Gasteiger partial charge in [0.05, 0.1) is 5.69 Å². The highest BCUT2D eigenvalue weighted by Gasteiger charge is 2.05. The first-order valence-corrected chi connectivity index (χ1v) is 6.43. The van der Waals surface area contributed by atoms with E-state index in [4.69, 9.17) is 0 Å². The molecular weight excluding hydrogens is 246 g/mol. The van der Waals surface area contributed by atoms with Gasteiger partial charge in [-0.05, 0) is 34.5 Å². The second kappa shape index (κ2) is 4.97. The van der Waals surface area contributed by atoms with E-state index < -0.39 is 0 Å². The maximum atomic E-state index is 4.32. The quantitative estimate of drug-likeness (QED) is 0.779. The molecule has 5 nitrogen and oxygen atoms in total. The molecule has 0 bridgehead atoms. The minimum Gasteiger partial charge on any atom is -0.378 e. The lowest BCUT2D eigenvalue weighted by Gasteiger charge is -2.09. The van der Waals surface area contributed by atoms with E-state index in [2.05, 4.69) is 37.2 Å². The Morgan fingerprint density at radius 2 is 2.33 bits per heavy atom. The molecule has 0 radical (unpaired) electrons. The van der Waals surface area contributed by atoms with Gasteiger partial charge < -0.3 is 5.32 Å². The summed E-state index contributed by atoms with van der Waals surface area (Å²) in [5.74, 6) is 0.755. The Labute approximate surface area is 108 Å². The minimum atomic E-state index is 0.755. The van der Waals surface area contributed by atoms with E-state index in [0.717, 1.165) is 18.1 Å². The molecule has 0 spiro atoms. The van der Waals surface area contributed by atoms with Gasteiger partial charge in [0.2, 0.25) is 0 Å². The highest BCUT2D eigenvalue weighted by Crippen LogP contribution is 2.17. The first-order chi connectivity index (χ1) is 8.93. The van der Waals surface area contributed by atoms with Crippen molar-refractivity contribution in [3.8, 4) is 5.82 Å². The Bertz CT molecular complexity index is 603. The maximum Gasteiger partial charge on any atom is 0.178 e. The van der Waals surface area contributed by atoms with Gasteiger partial charge in [0.15, 0.2) is 5.82 Å². The van der Waals surface area contributed by atoms with Gasteiger partial charge in [-0.2, -0.15) is 16.4 Å². The molecule has 0 unspecified atom stereocenters. The predicted molar refractivity (Wildman–Crippen MR) is 70.8 cm³/mol. The van der Waals surface area contributed by atoms with Gasteiger partial charge in [-0.3, -0.25) is 0 Å². The Kier molecular flexibility index (Phi) is 3.01. The first-order valence-electron chi connectivity index (χ1n) is 5.48. The molecule has 0 amide bonds. The van der Waals surface area contributed by atoms with Gasteiger partial charge in [-0.25, -0.2) is 14.6 Å². The Hall–Kier alpha value is -2.21. The number of hydrogen-bond acceptors (Lipinski definition) is 5. The maximum absolute atomic E-state index is 4.32. The molecule has 1 N–H and O–H groups in total. The minimum absolute atomic E-state index is 0.755. The fraction of sp³-hybridized carbons (Fsp3) is 0.0833. The molecule has 3 heterocycles. The standard InChI is InChI=1S/C12H11N5S/c1-2-11(15-6-10-3-5-18-7-10)12(14-4-1)17-9-13-8-16-17/h1-5,7-9,15H,6H2. The zero-order valence-corrected chi connectivity index (χ0v) is 10.3. The molecule has 0 aliphatic carbocycles. The normalized spacial score (nSPS) is 10.4. The van der Waals surface area contributed by atoms with Gasteiger partial charge >= 0.3 is 0 Å². The van der Waals surface area contributed by atoms with Crippen LogP contribution in [0.1, 0.15) is 5.56 Å². The van der Waals surface area contributed by atoms with Gasteiger partial charge in [0.1, 0.15) is 12.7 Å². The second-order valence-electron chi connectivity index (χ2n) is 3.70. The van der Waals surface area contributed by atoms with Crippen LogP contribution < -0.4 is 5.32 Å². The fourth-order valence-corrected chi connectivity index (χ4v) is 2.29. The highest BCUT2D eigenvalue weighted by molar-refractivity contribution is 7.07. The van der Waals surface area contributed by atoms with Crippen LogP contribution in [0.2, 0.25) is 0 Å². The number of rotatable bonds is 4. The summed E-state index contributed by atoms with van der Waals surface area (Å²) < 4.78 is 1.65. The molecular formula is C12H11N5S. The molecule has 6 heteroatoms. The van der Waals surface area contributed by atoms with Crippen LogP contribution in [0.15, 0.2) is 47.8 Å². The third-order valence-electron chi connectivity index (χ3n) is 2.49. The summed E-state index contributed by atoms with van der Waals surface area (Å²) in [6.45, 7) is 0.775. The van der Waals surface area contributed by atoms with Crippen molar-refractivity contribution >= 4 is 17.0 Å². The van der Waals surface area contributed by atoms with Gasteiger partial charge in [0.25, 0.3) is 0 Å². The van der Waals surface area contributed by atoms with E-state index in [1.165, 1.54) is 11.9 Å². The highest BCUT2D eigenvalue weighted by atomic mass is 32.1. The summed E-state index contributed by atoms with van der Waals surface area (Å²) in [6, 6.07) is 5.98. The number of hydrogen-bond donors (Lipinski definition) is 1. The van der Waals surface area contributed by atoms with E-state index in [0.29, 0.717) is 0 Å². The lowest BCUT2D eigenvalue weighted by molar-refractivity contribution is 0.844. The fourth-order valence-electron chi connectivity index (χ4n) is 1.63. The lowest BCUT2D eigenvalue weighted by Crippen LogP contribution is -2.06. The Morgan fingerprint density at radius 3 is 3.11 bits per heavy atom. The van der Waals surface area contributed by atoms with E-state index >= 15 is 0 Å². The van der Waals surface area contributed by atoms with Crippen LogP contribution in [0, 0.1) is 0 Å². The van der Waals surface area contributed by atoms with E-state index in [1.54, 1.807) is 28.5 Å². The van der Waals surface area contributed by atoms with Crippen LogP contribution in [-0.4, -0.2) is 19.7 Å². The van der Waals surface area contributed by atoms with E-state index in [-0.39, 0.29) is 0 Å². The average molecular weight is 257 g/mol. The lowest BCUT2D eigenvalue weighted by atomic mass is 10.3. The summed E-state index contributed by atoms with van der Waals surface area (Å²) in [4.78, 5) is 8.26. The van der Waals surface area contributed by atoms with Crippen LogP contribution in [-0.2, 0) is 6.54 Å². The number of nitrogens with one attached hydrogen (secondary N) is 1. The zero-order chi connectivity index (χ0) is 12.2. The molecule has 0 saturated carbocycles. The van der Waals surface area contributed by atoms with Crippen LogP contribution in [0.5, 0.6) is 0 Å². The van der Waals surface area contributed by atoms with Crippen LogP contribution in [0.4, 0.5) is 5.69 Å². The molecule has 90 valence electrons. The summed E-state index contributed by atoms with van der Waals surface area (Å²) in [5, 5.41) is 11.6. The summed E-state index contributed by atoms with van der Waals surface area (Å²) in [7, 11) is 0. The van der Waals surface area contributed by atoms with Gasteiger partial charge in [0, 0.05) is 12.7 Å². The average Bonchev–Trinajstić information content (AvgIpc) is 3.10. The summed E-state index contributed by atoms with van der Waals surface area (Å²) in [6.07, 6.45) is 4.88. The number of anilines is 1. The molecule has 0 aliphatic rings. The van der Waals surface area contributed by atoms with E-state index in [9.17, 15) is 0 Å². The SMILES string of the molecule is c1cnc(-n2cncn2)c(NCc2ccsc2)c1. The number of nitrogens with zero attached hydrogens (tertiary/aromatic N) is 4. The van der Waals surface area contributed by atoms with Crippen molar-refractivity contribution in [2.24, 2.45) is 0 Å². The topological polar surface area (TPSA) is 55.6 Å².